The normalized spacial score (nSPS) is 17.8. The molecule has 1 aromatic carbocycles. The van der Waals surface area contributed by atoms with Gasteiger partial charge in [-0.15, -0.1) is 12.3 Å². The van der Waals surface area contributed by atoms with Crippen LogP contribution in [-0.2, 0) is 4.79 Å². The third kappa shape index (κ3) is 2.54. The van der Waals surface area contributed by atoms with Crippen molar-refractivity contribution in [3.8, 4) is 23.7 Å². The van der Waals surface area contributed by atoms with Crippen LogP contribution in [0.1, 0.15) is 6.42 Å². The Kier molecular flexibility index (Phi) is 3.24. The molecule has 0 bridgehead atoms. The summed E-state index contributed by atoms with van der Waals surface area (Å²) in [5, 5.41) is 0. The van der Waals surface area contributed by atoms with Crippen molar-refractivity contribution in [3.05, 3.63) is 30.3 Å². The summed E-state index contributed by atoms with van der Waals surface area (Å²) in [6.45, 7) is 0.410. The molecule has 2 heterocycles. The molecule has 0 aliphatic carbocycles. The van der Waals surface area contributed by atoms with E-state index in [4.69, 9.17) is 12.2 Å². The number of carbonyl (C=O) groups is 1. The van der Waals surface area contributed by atoms with E-state index in [2.05, 4.69) is 20.9 Å². The lowest BCUT2D eigenvalue weighted by atomic mass is 10.1. The first kappa shape index (κ1) is 13.1. The molecular weight excluding hydrogens is 266 g/mol. The summed E-state index contributed by atoms with van der Waals surface area (Å²) in [5.41, 5.74) is 6.55. The number of aromatic nitrogens is 3. The third-order valence-corrected chi connectivity index (χ3v) is 3.28. The van der Waals surface area contributed by atoms with E-state index in [-0.39, 0.29) is 23.7 Å². The second-order valence-corrected chi connectivity index (χ2v) is 4.76. The molecule has 1 atom stereocenters. The number of nitrogens with two attached hydrogens (primary N) is 1. The van der Waals surface area contributed by atoms with E-state index in [9.17, 15) is 4.79 Å². The second-order valence-electron chi connectivity index (χ2n) is 4.76. The lowest BCUT2D eigenvalue weighted by Crippen LogP contribution is -2.27. The van der Waals surface area contributed by atoms with Crippen LogP contribution in [0.25, 0.3) is 11.4 Å². The van der Waals surface area contributed by atoms with Crippen molar-refractivity contribution in [1.82, 2.24) is 15.0 Å². The lowest BCUT2D eigenvalue weighted by molar-refractivity contribution is -0.117. The molecule has 0 saturated carbocycles. The van der Waals surface area contributed by atoms with Crippen LogP contribution in [0.5, 0.6) is 0 Å². The zero-order valence-electron chi connectivity index (χ0n) is 11.2. The number of nitrogen functional groups attached to an aromatic ring is 1. The van der Waals surface area contributed by atoms with Crippen LogP contribution in [0.2, 0.25) is 0 Å². The Labute approximate surface area is 122 Å². The Bertz CT molecular complexity index is 723. The van der Waals surface area contributed by atoms with E-state index >= 15 is 0 Å². The van der Waals surface area contributed by atoms with Crippen LogP contribution in [-0.4, -0.2) is 27.4 Å². The van der Waals surface area contributed by atoms with Gasteiger partial charge < -0.3 is 5.73 Å². The molecule has 1 aliphatic rings. The molecule has 6 heteroatoms. The van der Waals surface area contributed by atoms with Gasteiger partial charge in [0.1, 0.15) is 0 Å². The molecule has 1 aromatic heterocycles. The monoisotopic (exact) mass is 279 g/mol. The van der Waals surface area contributed by atoms with Crippen LogP contribution >= 0.6 is 0 Å². The number of amides is 1. The SMILES string of the molecule is C#CC1CC(=O)N(c2nc(N)nc(-c3ccccc3)n2)C1. The lowest BCUT2D eigenvalue weighted by Gasteiger charge is -2.14. The quantitative estimate of drug-likeness (QED) is 0.832. The van der Waals surface area contributed by atoms with Crippen molar-refractivity contribution in [1.29, 1.82) is 0 Å². The summed E-state index contributed by atoms with van der Waals surface area (Å²) < 4.78 is 0. The summed E-state index contributed by atoms with van der Waals surface area (Å²) in [6, 6.07) is 9.40. The molecule has 3 rings (SSSR count). The van der Waals surface area contributed by atoms with Crippen LogP contribution < -0.4 is 10.6 Å². The molecule has 1 aliphatic heterocycles. The average molecular weight is 279 g/mol. The van der Waals surface area contributed by atoms with Crippen molar-refractivity contribution in [2.24, 2.45) is 5.92 Å². The smallest absolute Gasteiger partial charge is 0.237 e. The van der Waals surface area contributed by atoms with Gasteiger partial charge in [0, 0.05) is 24.4 Å². The molecule has 0 radical (unpaired) electrons. The molecule has 1 amide bonds. The zero-order valence-corrected chi connectivity index (χ0v) is 11.2. The number of anilines is 2. The van der Waals surface area contributed by atoms with E-state index in [0.717, 1.165) is 5.56 Å². The molecule has 2 N–H and O–H groups in total. The van der Waals surface area contributed by atoms with Crippen LogP contribution in [0.15, 0.2) is 30.3 Å². The number of hydrogen-bond acceptors (Lipinski definition) is 5. The zero-order chi connectivity index (χ0) is 14.8. The van der Waals surface area contributed by atoms with Gasteiger partial charge in [-0.05, 0) is 0 Å². The number of carbonyl (C=O) groups excluding carboxylic acids is 1. The van der Waals surface area contributed by atoms with Gasteiger partial charge in [-0.25, -0.2) is 0 Å². The van der Waals surface area contributed by atoms with Crippen molar-refractivity contribution < 1.29 is 4.79 Å². The highest BCUT2D eigenvalue weighted by Crippen LogP contribution is 2.24. The first-order valence-corrected chi connectivity index (χ1v) is 6.51. The molecule has 1 unspecified atom stereocenters. The second kappa shape index (κ2) is 5.21. The largest absolute Gasteiger partial charge is 0.368 e. The fraction of sp³-hybridized carbons (Fsp3) is 0.200. The van der Waals surface area contributed by atoms with Gasteiger partial charge >= 0.3 is 0 Å². The minimum atomic E-state index is -0.115. The van der Waals surface area contributed by atoms with Gasteiger partial charge in [0.05, 0.1) is 0 Å². The maximum absolute atomic E-state index is 12.0. The first-order chi connectivity index (χ1) is 10.2. The summed E-state index contributed by atoms with van der Waals surface area (Å²) in [5.74, 6) is 3.15. The molecule has 6 nitrogen and oxygen atoms in total. The van der Waals surface area contributed by atoms with Gasteiger partial charge in [0.2, 0.25) is 17.8 Å². The highest BCUT2D eigenvalue weighted by atomic mass is 16.2. The summed E-state index contributed by atoms with van der Waals surface area (Å²) in [7, 11) is 0. The number of hydrogen-bond donors (Lipinski definition) is 1. The van der Waals surface area contributed by atoms with E-state index in [1.54, 1.807) is 0 Å². The number of terminal acetylenes is 1. The molecular formula is C15H13N5O. The summed E-state index contributed by atoms with van der Waals surface area (Å²) >= 11 is 0. The van der Waals surface area contributed by atoms with Crippen molar-refractivity contribution in [2.45, 2.75) is 6.42 Å². The van der Waals surface area contributed by atoms with E-state index in [1.165, 1.54) is 4.90 Å². The Morgan fingerprint density at radius 1 is 1.24 bits per heavy atom. The standard InChI is InChI=1S/C15H13N5O/c1-2-10-8-12(21)20(9-10)15-18-13(17-14(16)19-15)11-6-4-3-5-7-11/h1,3-7,10H,8-9H2,(H2,16,17,18,19). The van der Waals surface area contributed by atoms with Crippen molar-refractivity contribution in [3.63, 3.8) is 0 Å². The van der Waals surface area contributed by atoms with Crippen molar-refractivity contribution in [2.75, 3.05) is 17.2 Å². The topological polar surface area (TPSA) is 85.0 Å². The molecule has 1 fully saturated rings. The Morgan fingerprint density at radius 2 is 2.00 bits per heavy atom. The molecule has 104 valence electrons. The molecule has 21 heavy (non-hydrogen) atoms. The fourth-order valence-electron chi connectivity index (χ4n) is 2.23. The van der Waals surface area contributed by atoms with Gasteiger partial charge in [0.25, 0.3) is 0 Å². The Hall–Kier alpha value is -2.94. The van der Waals surface area contributed by atoms with Crippen LogP contribution in [0.3, 0.4) is 0 Å². The van der Waals surface area contributed by atoms with Gasteiger partial charge in [0.15, 0.2) is 5.82 Å². The maximum Gasteiger partial charge on any atom is 0.237 e. The number of benzene rings is 1. The van der Waals surface area contributed by atoms with E-state index in [1.807, 2.05) is 30.3 Å². The Morgan fingerprint density at radius 3 is 2.67 bits per heavy atom. The summed E-state index contributed by atoms with van der Waals surface area (Å²) in [6.07, 6.45) is 5.69. The maximum atomic E-state index is 12.0. The predicted octanol–water partition coefficient (Wildman–Crippen LogP) is 1.11. The first-order valence-electron chi connectivity index (χ1n) is 6.51. The van der Waals surface area contributed by atoms with Gasteiger partial charge in [-0.3, -0.25) is 9.69 Å². The summed E-state index contributed by atoms with van der Waals surface area (Å²) in [4.78, 5) is 26.0. The highest BCUT2D eigenvalue weighted by Gasteiger charge is 2.31. The van der Waals surface area contributed by atoms with Gasteiger partial charge in [-0.1, -0.05) is 30.3 Å². The molecule has 2 aromatic rings. The average Bonchev–Trinajstić information content (AvgIpc) is 2.89. The minimum Gasteiger partial charge on any atom is -0.368 e. The highest BCUT2D eigenvalue weighted by molar-refractivity contribution is 5.94. The van der Waals surface area contributed by atoms with Crippen molar-refractivity contribution >= 4 is 17.8 Å². The molecule has 0 spiro atoms. The van der Waals surface area contributed by atoms with Gasteiger partial charge in [-0.2, -0.15) is 15.0 Å². The third-order valence-electron chi connectivity index (χ3n) is 3.28. The number of nitrogens with zero attached hydrogens (tertiary/aromatic N) is 4. The predicted molar refractivity (Wildman–Crippen MR) is 79.0 cm³/mol. The Balaban J connectivity index is 2.00. The van der Waals surface area contributed by atoms with E-state index in [0.29, 0.717) is 18.8 Å². The number of rotatable bonds is 2. The van der Waals surface area contributed by atoms with Crippen LogP contribution in [0, 0.1) is 18.3 Å². The fourth-order valence-corrected chi connectivity index (χ4v) is 2.23. The minimum absolute atomic E-state index is 0.0795. The van der Waals surface area contributed by atoms with Crippen LogP contribution in [0.4, 0.5) is 11.9 Å². The van der Waals surface area contributed by atoms with E-state index < -0.39 is 0 Å². The molecule has 1 saturated heterocycles.